The molecule has 0 amide bonds. The lowest BCUT2D eigenvalue weighted by atomic mass is 9.93. The molecule has 1 aliphatic rings. The molecule has 0 aromatic carbocycles. The van der Waals surface area contributed by atoms with E-state index < -0.39 is 0 Å². The quantitative estimate of drug-likeness (QED) is 0.768. The van der Waals surface area contributed by atoms with Crippen LogP contribution in [0.15, 0.2) is 12.4 Å². The van der Waals surface area contributed by atoms with E-state index in [0.717, 1.165) is 42.7 Å². The minimum Gasteiger partial charge on any atom is -0.384 e. The molecular formula is C12H17N5. The molecule has 0 unspecified atom stereocenters. The summed E-state index contributed by atoms with van der Waals surface area (Å²) in [7, 11) is 2.01. The Morgan fingerprint density at radius 3 is 2.94 bits per heavy atom. The van der Waals surface area contributed by atoms with Gasteiger partial charge in [-0.2, -0.15) is 0 Å². The summed E-state index contributed by atoms with van der Waals surface area (Å²) in [4.78, 5) is 8.91. The Hall–Kier alpha value is -1.62. The van der Waals surface area contributed by atoms with Gasteiger partial charge in [0.05, 0.1) is 23.1 Å². The Kier molecular flexibility index (Phi) is 2.48. The van der Waals surface area contributed by atoms with Gasteiger partial charge in [0.1, 0.15) is 5.82 Å². The summed E-state index contributed by atoms with van der Waals surface area (Å²) in [6.07, 6.45) is 4.07. The van der Waals surface area contributed by atoms with Gasteiger partial charge in [0.2, 0.25) is 0 Å². The van der Waals surface area contributed by atoms with Crippen molar-refractivity contribution in [1.82, 2.24) is 19.9 Å². The number of fused-ring (bicyclic) bond motifs is 1. The van der Waals surface area contributed by atoms with Crippen LogP contribution in [0.2, 0.25) is 0 Å². The van der Waals surface area contributed by atoms with Crippen LogP contribution in [0.25, 0.3) is 11.0 Å². The number of nitrogens with zero attached hydrogens (tertiary/aromatic N) is 3. The van der Waals surface area contributed by atoms with Gasteiger partial charge in [-0.05, 0) is 25.9 Å². The fourth-order valence-electron chi connectivity index (χ4n) is 2.61. The average Bonchev–Trinajstić information content (AvgIpc) is 2.71. The van der Waals surface area contributed by atoms with Gasteiger partial charge in [0.25, 0.3) is 0 Å². The first-order valence-corrected chi connectivity index (χ1v) is 6.04. The molecule has 1 saturated heterocycles. The lowest BCUT2D eigenvalue weighted by molar-refractivity contribution is 0.455. The van der Waals surface area contributed by atoms with E-state index in [1.807, 2.05) is 24.0 Å². The zero-order valence-corrected chi connectivity index (χ0v) is 9.98. The molecule has 1 fully saturated rings. The molecule has 2 aromatic heterocycles. The number of nitrogens with two attached hydrogens (primary N) is 1. The van der Waals surface area contributed by atoms with Gasteiger partial charge in [-0.1, -0.05) is 0 Å². The maximum absolute atomic E-state index is 5.86. The van der Waals surface area contributed by atoms with Crippen molar-refractivity contribution < 1.29 is 0 Å². The lowest BCUT2D eigenvalue weighted by Crippen LogP contribution is -2.27. The van der Waals surface area contributed by atoms with Crippen molar-refractivity contribution in [1.29, 1.82) is 0 Å². The van der Waals surface area contributed by atoms with Gasteiger partial charge in [-0.3, -0.25) is 0 Å². The summed E-state index contributed by atoms with van der Waals surface area (Å²) in [5.74, 6) is 1.07. The molecule has 0 saturated carbocycles. The number of hydrogen-bond donors (Lipinski definition) is 2. The monoisotopic (exact) mass is 231 g/mol. The van der Waals surface area contributed by atoms with Gasteiger partial charge in [0.15, 0.2) is 0 Å². The maximum atomic E-state index is 5.86. The normalized spacial score (nSPS) is 17.7. The standard InChI is InChI=1S/C12H17N5/c1-17-7-15-9-6-10(13)16-11(12(9)17)8-2-4-14-5-3-8/h6-8,14H,2-5H2,1H3,(H2,13,16). The number of nitrogen functional groups attached to an aromatic ring is 1. The second kappa shape index (κ2) is 4.00. The largest absolute Gasteiger partial charge is 0.384 e. The molecule has 0 atom stereocenters. The SMILES string of the molecule is Cn1cnc2cc(N)nc(C3CCNCC3)c21. The van der Waals surface area contributed by atoms with Crippen LogP contribution in [0, 0.1) is 0 Å². The maximum Gasteiger partial charge on any atom is 0.125 e. The van der Waals surface area contributed by atoms with Crippen molar-refractivity contribution in [3.63, 3.8) is 0 Å². The Morgan fingerprint density at radius 1 is 1.41 bits per heavy atom. The third kappa shape index (κ3) is 1.76. The molecule has 1 aliphatic heterocycles. The first-order valence-electron chi connectivity index (χ1n) is 6.04. The number of nitrogens with one attached hydrogen (secondary N) is 1. The first-order chi connectivity index (χ1) is 8.25. The average molecular weight is 231 g/mol. The Morgan fingerprint density at radius 2 is 2.18 bits per heavy atom. The Bertz CT molecular complexity index is 539. The number of anilines is 1. The summed E-state index contributed by atoms with van der Waals surface area (Å²) in [6.45, 7) is 2.11. The molecule has 3 heterocycles. The zero-order chi connectivity index (χ0) is 11.8. The number of piperidine rings is 1. The fraction of sp³-hybridized carbons (Fsp3) is 0.500. The van der Waals surface area contributed by atoms with Gasteiger partial charge >= 0.3 is 0 Å². The minimum absolute atomic E-state index is 0.498. The lowest BCUT2D eigenvalue weighted by Gasteiger charge is -2.23. The molecule has 0 radical (unpaired) electrons. The highest BCUT2D eigenvalue weighted by atomic mass is 15.0. The van der Waals surface area contributed by atoms with Crippen LogP contribution in [0.5, 0.6) is 0 Å². The molecule has 0 spiro atoms. The number of pyridine rings is 1. The van der Waals surface area contributed by atoms with E-state index in [2.05, 4.69) is 15.3 Å². The molecule has 0 bridgehead atoms. The molecule has 5 nitrogen and oxygen atoms in total. The number of aryl methyl sites for hydroxylation is 1. The van der Waals surface area contributed by atoms with Gasteiger partial charge in [0, 0.05) is 19.0 Å². The highest BCUT2D eigenvalue weighted by molar-refractivity contribution is 5.80. The van der Waals surface area contributed by atoms with E-state index in [9.17, 15) is 0 Å². The summed E-state index contributed by atoms with van der Waals surface area (Å²) in [5.41, 5.74) is 9.06. The van der Waals surface area contributed by atoms with E-state index in [0.29, 0.717) is 11.7 Å². The van der Waals surface area contributed by atoms with Crippen molar-refractivity contribution in [3.8, 4) is 0 Å². The van der Waals surface area contributed by atoms with Crippen molar-refractivity contribution >= 4 is 16.9 Å². The summed E-state index contributed by atoms with van der Waals surface area (Å²) in [5, 5.41) is 3.37. The minimum atomic E-state index is 0.498. The van der Waals surface area contributed by atoms with Crippen LogP contribution in [-0.2, 0) is 7.05 Å². The molecular weight excluding hydrogens is 214 g/mol. The number of rotatable bonds is 1. The summed E-state index contributed by atoms with van der Waals surface area (Å²) < 4.78 is 2.04. The highest BCUT2D eigenvalue weighted by Gasteiger charge is 2.21. The molecule has 3 rings (SSSR count). The van der Waals surface area contributed by atoms with Gasteiger partial charge in [-0.25, -0.2) is 9.97 Å². The zero-order valence-electron chi connectivity index (χ0n) is 9.98. The molecule has 90 valence electrons. The van der Waals surface area contributed by atoms with Crippen LogP contribution in [-0.4, -0.2) is 27.6 Å². The summed E-state index contributed by atoms with van der Waals surface area (Å²) in [6, 6.07) is 1.85. The van der Waals surface area contributed by atoms with Crippen molar-refractivity contribution in [2.75, 3.05) is 18.8 Å². The third-order valence-electron chi connectivity index (χ3n) is 3.47. The van der Waals surface area contributed by atoms with Crippen LogP contribution in [0.1, 0.15) is 24.5 Å². The van der Waals surface area contributed by atoms with E-state index in [-0.39, 0.29) is 0 Å². The van der Waals surface area contributed by atoms with Crippen LogP contribution >= 0.6 is 0 Å². The fourth-order valence-corrected chi connectivity index (χ4v) is 2.61. The number of aromatic nitrogens is 3. The predicted octanol–water partition coefficient (Wildman–Crippen LogP) is 1.02. The summed E-state index contributed by atoms with van der Waals surface area (Å²) >= 11 is 0. The van der Waals surface area contributed by atoms with Crippen molar-refractivity contribution in [3.05, 3.63) is 18.1 Å². The molecule has 2 aromatic rings. The first kappa shape index (κ1) is 10.5. The van der Waals surface area contributed by atoms with Crippen LogP contribution in [0.4, 0.5) is 5.82 Å². The van der Waals surface area contributed by atoms with E-state index in [1.54, 1.807) is 0 Å². The van der Waals surface area contributed by atoms with Crippen molar-refractivity contribution in [2.24, 2.45) is 7.05 Å². The van der Waals surface area contributed by atoms with E-state index in [4.69, 9.17) is 5.73 Å². The Labute approximate surface area is 100 Å². The van der Waals surface area contributed by atoms with Crippen LogP contribution < -0.4 is 11.1 Å². The second-order valence-electron chi connectivity index (χ2n) is 4.68. The second-order valence-corrected chi connectivity index (χ2v) is 4.68. The molecule has 3 N–H and O–H groups in total. The Balaban J connectivity index is 2.15. The number of hydrogen-bond acceptors (Lipinski definition) is 4. The molecule has 5 heteroatoms. The predicted molar refractivity (Wildman–Crippen MR) is 67.8 cm³/mol. The highest BCUT2D eigenvalue weighted by Crippen LogP contribution is 2.30. The van der Waals surface area contributed by atoms with Crippen molar-refractivity contribution in [2.45, 2.75) is 18.8 Å². The van der Waals surface area contributed by atoms with E-state index in [1.165, 1.54) is 0 Å². The van der Waals surface area contributed by atoms with Gasteiger partial charge in [-0.15, -0.1) is 0 Å². The molecule has 0 aliphatic carbocycles. The van der Waals surface area contributed by atoms with E-state index >= 15 is 0 Å². The third-order valence-corrected chi connectivity index (χ3v) is 3.47. The topological polar surface area (TPSA) is 68.8 Å². The number of imidazole rings is 1. The molecule has 17 heavy (non-hydrogen) atoms. The van der Waals surface area contributed by atoms with Gasteiger partial charge < -0.3 is 15.6 Å². The van der Waals surface area contributed by atoms with Crippen LogP contribution in [0.3, 0.4) is 0 Å². The smallest absolute Gasteiger partial charge is 0.125 e.